The minimum Gasteiger partial charge on any atom is -0.497 e. The van der Waals surface area contributed by atoms with Crippen molar-refractivity contribution < 1.29 is 19.4 Å². The molecule has 0 aromatic heterocycles. The molecule has 0 aliphatic rings. The van der Waals surface area contributed by atoms with E-state index in [1.165, 1.54) is 0 Å². The second-order valence-corrected chi connectivity index (χ2v) is 3.86. The van der Waals surface area contributed by atoms with Crippen LogP contribution in [0.4, 0.5) is 5.69 Å². The van der Waals surface area contributed by atoms with Crippen molar-refractivity contribution in [1.29, 1.82) is 0 Å². The van der Waals surface area contributed by atoms with Gasteiger partial charge >= 0.3 is 5.97 Å². The fourth-order valence-electron chi connectivity index (χ4n) is 1.57. The van der Waals surface area contributed by atoms with Gasteiger partial charge in [0.15, 0.2) is 0 Å². The first-order chi connectivity index (χ1) is 8.49. The van der Waals surface area contributed by atoms with Crippen molar-refractivity contribution in [2.24, 2.45) is 5.73 Å². The zero-order valence-electron chi connectivity index (χ0n) is 10.7. The van der Waals surface area contributed by atoms with Gasteiger partial charge in [-0.05, 0) is 12.1 Å². The summed E-state index contributed by atoms with van der Waals surface area (Å²) >= 11 is 0. The average molecular weight is 254 g/mol. The van der Waals surface area contributed by atoms with Crippen molar-refractivity contribution in [3.63, 3.8) is 0 Å². The van der Waals surface area contributed by atoms with E-state index in [-0.39, 0.29) is 6.54 Å². The van der Waals surface area contributed by atoms with Gasteiger partial charge < -0.3 is 25.2 Å². The van der Waals surface area contributed by atoms with E-state index in [1.807, 2.05) is 0 Å². The number of likely N-dealkylation sites (N-methyl/N-ethyl adjacent to an activating group) is 1. The van der Waals surface area contributed by atoms with E-state index in [0.29, 0.717) is 11.5 Å². The van der Waals surface area contributed by atoms with Crippen LogP contribution in [0.3, 0.4) is 0 Å². The van der Waals surface area contributed by atoms with E-state index in [9.17, 15) is 4.79 Å². The summed E-state index contributed by atoms with van der Waals surface area (Å²) in [6.45, 7) is 0.192. The lowest BCUT2D eigenvalue weighted by Gasteiger charge is -2.23. The van der Waals surface area contributed by atoms with Crippen LogP contribution in [0.25, 0.3) is 0 Å². The zero-order chi connectivity index (χ0) is 13.7. The van der Waals surface area contributed by atoms with E-state index in [4.69, 9.17) is 20.3 Å². The molecule has 0 aliphatic heterocycles. The molecular formula is C12H18N2O4. The number of rotatable bonds is 6. The molecule has 0 heterocycles. The van der Waals surface area contributed by atoms with Crippen molar-refractivity contribution in [1.82, 2.24) is 0 Å². The van der Waals surface area contributed by atoms with Gasteiger partial charge in [0.2, 0.25) is 0 Å². The van der Waals surface area contributed by atoms with E-state index in [1.54, 1.807) is 44.4 Å². The summed E-state index contributed by atoms with van der Waals surface area (Å²) in [5.74, 6) is 0.246. The number of hydrogen-bond donors (Lipinski definition) is 2. The maximum Gasteiger partial charge on any atom is 0.322 e. The Kier molecular flexibility index (Phi) is 4.79. The van der Waals surface area contributed by atoms with Gasteiger partial charge in [0.05, 0.1) is 19.9 Å². The van der Waals surface area contributed by atoms with E-state index in [0.717, 1.165) is 5.69 Å². The maximum absolute atomic E-state index is 10.7. The minimum absolute atomic E-state index is 0.192. The summed E-state index contributed by atoms with van der Waals surface area (Å²) in [6, 6.07) is 4.37. The molecule has 0 saturated carbocycles. The van der Waals surface area contributed by atoms with E-state index >= 15 is 0 Å². The first-order valence-corrected chi connectivity index (χ1v) is 5.41. The standard InChI is InChI=1S/C12H18N2O4/c1-14(7-9(13)12(15)16)10-5-4-8(17-2)6-11(10)18-3/h4-6,9H,7,13H2,1-3H3,(H,15,16). The molecule has 1 aromatic carbocycles. The lowest BCUT2D eigenvalue weighted by atomic mass is 10.2. The number of carbonyl (C=O) groups is 1. The Morgan fingerprint density at radius 3 is 2.61 bits per heavy atom. The normalized spacial score (nSPS) is 11.8. The van der Waals surface area contributed by atoms with Crippen molar-refractivity contribution in [2.45, 2.75) is 6.04 Å². The number of carboxylic acid groups (broad SMARTS) is 1. The van der Waals surface area contributed by atoms with Crippen LogP contribution in [0.5, 0.6) is 11.5 Å². The lowest BCUT2D eigenvalue weighted by Crippen LogP contribution is -2.41. The van der Waals surface area contributed by atoms with Gasteiger partial charge in [-0.25, -0.2) is 0 Å². The Bertz CT molecular complexity index is 423. The molecule has 1 aromatic rings. The Morgan fingerprint density at radius 2 is 2.11 bits per heavy atom. The number of benzene rings is 1. The quantitative estimate of drug-likeness (QED) is 0.771. The van der Waals surface area contributed by atoms with Crippen LogP contribution in [0, 0.1) is 0 Å². The molecule has 6 heteroatoms. The fourth-order valence-corrected chi connectivity index (χ4v) is 1.57. The van der Waals surface area contributed by atoms with Crippen LogP contribution in [0.15, 0.2) is 18.2 Å². The number of anilines is 1. The molecule has 0 saturated heterocycles. The molecule has 0 bridgehead atoms. The largest absolute Gasteiger partial charge is 0.497 e. The molecule has 0 amide bonds. The third-order valence-corrected chi connectivity index (χ3v) is 2.59. The molecule has 3 N–H and O–H groups in total. The first-order valence-electron chi connectivity index (χ1n) is 5.41. The van der Waals surface area contributed by atoms with Crippen LogP contribution < -0.4 is 20.1 Å². The van der Waals surface area contributed by atoms with Gasteiger partial charge in [0.1, 0.15) is 17.5 Å². The number of nitrogens with two attached hydrogens (primary N) is 1. The molecule has 1 atom stereocenters. The Labute approximate surface area is 106 Å². The second-order valence-electron chi connectivity index (χ2n) is 3.86. The van der Waals surface area contributed by atoms with Crippen LogP contribution in [-0.4, -0.2) is 44.9 Å². The van der Waals surface area contributed by atoms with Gasteiger partial charge in [-0.2, -0.15) is 0 Å². The van der Waals surface area contributed by atoms with Crippen molar-refractivity contribution in [3.8, 4) is 11.5 Å². The summed E-state index contributed by atoms with van der Waals surface area (Å²) in [7, 11) is 4.87. The molecule has 0 spiro atoms. The van der Waals surface area contributed by atoms with Gasteiger partial charge in [0, 0.05) is 19.7 Å². The third-order valence-electron chi connectivity index (χ3n) is 2.59. The molecule has 0 radical (unpaired) electrons. The summed E-state index contributed by atoms with van der Waals surface area (Å²) in [5.41, 5.74) is 6.25. The molecular weight excluding hydrogens is 236 g/mol. The molecule has 100 valence electrons. The topological polar surface area (TPSA) is 85.0 Å². The Morgan fingerprint density at radius 1 is 1.44 bits per heavy atom. The van der Waals surface area contributed by atoms with Crippen LogP contribution in [-0.2, 0) is 4.79 Å². The molecule has 1 unspecified atom stereocenters. The number of hydrogen-bond acceptors (Lipinski definition) is 5. The summed E-state index contributed by atoms with van der Waals surface area (Å²) in [5, 5.41) is 8.78. The molecule has 0 aliphatic carbocycles. The highest BCUT2D eigenvalue weighted by atomic mass is 16.5. The predicted octanol–water partition coefficient (Wildman–Crippen LogP) is 0.552. The highest BCUT2D eigenvalue weighted by Gasteiger charge is 2.17. The van der Waals surface area contributed by atoms with Crippen molar-refractivity contribution >= 4 is 11.7 Å². The molecule has 6 nitrogen and oxygen atoms in total. The number of nitrogens with zero attached hydrogens (tertiary/aromatic N) is 1. The summed E-state index contributed by atoms with van der Waals surface area (Å²) < 4.78 is 10.3. The molecule has 18 heavy (non-hydrogen) atoms. The molecule has 1 rings (SSSR count). The Balaban J connectivity index is 2.91. The highest BCUT2D eigenvalue weighted by Crippen LogP contribution is 2.31. The van der Waals surface area contributed by atoms with Gasteiger partial charge in [0.25, 0.3) is 0 Å². The maximum atomic E-state index is 10.7. The first kappa shape index (κ1) is 14.1. The second kappa shape index (κ2) is 6.11. The molecule has 0 fully saturated rings. The van der Waals surface area contributed by atoms with E-state index < -0.39 is 12.0 Å². The minimum atomic E-state index is -1.03. The summed E-state index contributed by atoms with van der Waals surface area (Å²) in [4.78, 5) is 12.5. The smallest absolute Gasteiger partial charge is 0.322 e. The van der Waals surface area contributed by atoms with E-state index in [2.05, 4.69) is 0 Å². The van der Waals surface area contributed by atoms with Crippen molar-refractivity contribution in [3.05, 3.63) is 18.2 Å². The number of methoxy groups -OCH3 is 2. The van der Waals surface area contributed by atoms with Crippen LogP contribution >= 0.6 is 0 Å². The third kappa shape index (κ3) is 3.27. The number of ether oxygens (including phenoxy) is 2. The monoisotopic (exact) mass is 254 g/mol. The lowest BCUT2D eigenvalue weighted by molar-refractivity contribution is -0.138. The van der Waals surface area contributed by atoms with Gasteiger partial charge in [-0.15, -0.1) is 0 Å². The highest BCUT2D eigenvalue weighted by molar-refractivity contribution is 5.74. The Hall–Kier alpha value is -1.95. The predicted molar refractivity (Wildman–Crippen MR) is 68.4 cm³/mol. The van der Waals surface area contributed by atoms with Gasteiger partial charge in [-0.3, -0.25) is 4.79 Å². The van der Waals surface area contributed by atoms with Crippen LogP contribution in [0.1, 0.15) is 0 Å². The number of aliphatic carboxylic acids is 1. The SMILES string of the molecule is COc1ccc(N(C)CC(N)C(=O)O)c(OC)c1. The average Bonchev–Trinajstić information content (AvgIpc) is 2.37. The zero-order valence-corrected chi connectivity index (χ0v) is 10.7. The van der Waals surface area contributed by atoms with Gasteiger partial charge in [-0.1, -0.05) is 0 Å². The van der Waals surface area contributed by atoms with Crippen molar-refractivity contribution in [2.75, 3.05) is 32.7 Å². The fraction of sp³-hybridized carbons (Fsp3) is 0.417. The number of carboxylic acids is 1. The summed E-state index contributed by atoms with van der Waals surface area (Å²) in [6.07, 6.45) is 0. The van der Waals surface area contributed by atoms with Crippen LogP contribution in [0.2, 0.25) is 0 Å².